The number of benzene rings is 1. The second-order valence-corrected chi connectivity index (χ2v) is 7.85. The monoisotopic (exact) mass is 356 g/mol. The number of carbonyl (C=O) groups is 1. The number of carbonyl (C=O) groups excluding carboxylic acids is 1. The Bertz CT molecular complexity index is 727. The molecule has 2 aromatic rings. The molecule has 0 radical (unpaired) electrons. The molecular formula is C22H32N2O2. The van der Waals surface area contributed by atoms with Crippen molar-refractivity contribution in [3.8, 4) is 5.75 Å². The molecule has 4 heteroatoms. The number of ether oxygens (including phenoxy) is 1. The minimum Gasteiger partial charge on any atom is -0.494 e. The smallest absolute Gasteiger partial charge is 0.278 e. The Morgan fingerprint density at radius 1 is 1.04 bits per heavy atom. The van der Waals surface area contributed by atoms with E-state index < -0.39 is 0 Å². The molecule has 0 bridgehead atoms. The topological polar surface area (TPSA) is 44.1 Å². The molecule has 142 valence electrons. The van der Waals surface area contributed by atoms with Crippen LogP contribution in [0.4, 0.5) is 0 Å². The number of hydrogen-bond donors (Lipinski definition) is 0. The molecule has 4 nitrogen and oxygen atoms in total. The van der Waals surface area contributed by atoms with Crippen LogP contribution in [0.1, 0.15) is 67.8 Å². The maximum Gasteiger partial charge on any atom is 0.278 e. The van der Waals surface area contributed by atoms with Crippen LogP contribution in [-0.2, 0) is 6.42 Å². The average molecular weight is 357 g/mol. The summed E-state index contributed by atoms with van der Waals surface area (Å²) in [5, 5.41) is 4.49. The summed E-state index contributed by atoms with van der Waals surface area (Å²) < 4.78 is 7.27. The Hall–Kier alpha value is -2.10. The second-order valence-electron chi connectivity index (χ2n) is 7.85. The molecule has 0 amide bonds. The first-order valence-electron chi connectivity index (χ1n) is 9.62. The number of rotatable bonds is 8. The van der Waals surface area contributed by atoms with Gasteiger partial charge in [-0.1, -0.05) is 27.7 Å². The Kier molecular flexibility index (Phi) is 7.01. The summed E-state index contributed by atoms with van der Waals surface area (Å²) in [6, 6.07) is 7.35. The molecule has 1 heterocycles. The fraction of sp³-hybridized carbons (Fsp3) is 0.545. The van der Waals surface area contributed by atoms with E-state index in [-0.39, 0.29) is 5.91 Å². The molecule has 0 N–H and O–H groups in total. The van der Waals surface area contributed by atoms with Crippen LogP contribution in [0.3, 0.4) is 0 Å². The summed E-state index contributed by atoms with van der Waals surface area (Å²) >= 11 is 0. The van der Waals surface area contributed by atoms with Gasteiger partial charge < -0.3 is 4.74 Å². The van der Waals surface area contributed by atoms with E-state index in [4.69, 9.17) is 4.74 Å². The van der Waals surface area contributed by atoms with Crippen molar-refractivity contribution >= 4 is 5.91 Å². The maximum atomic E-state index is 12.8. The molecule has 1 aromatic heterocycles. The van der Waals surface area contributed by atoms with Gasteiger partial charge in [-0.05, 0) is 74.8 Å². The van der Waals surface area contributed by atoms with Gasteiger partial charge in [0.15, 0.2) is 0 Å². The van der Waals surface area contributed by atoms with Crippen LogP contribution in [0.5, 0.6) is 5.75 Å². The number of aryl methyl sites for hydroxylation is 1. The van der Waals surface area contributed by atoms with Gasteiger partial charge in [-0.15, -0.1) is 0 Å². The van der Waals surface area contributed by atoms with Crippen molar-refractivity contribution in [2.24, 2.45) is 11.8 Å². The lowest BCUT2D eigenvalue weighted by Gasteiger charge is -2.09. The second kappa shape index (κ2) is 9.02. The van der Waals surface area contributed by atoms with Crippen LogP contribution in [-0.4, -0.2) is 22.3 Å². The first-order valence-corrected chi connectivity index (χ1v) is 9.62. The predicted molar refractivity (Wildman–Crippen MR) is 106 cm³/mol. The van der Waals surface area contributed by atoms with Gasteiger partial charge in [0.1, 0.15) is 5.75 Å². The first-order chi connectivity index (χ1) is 12.3. The Balaban J connectivity index is 2.10. The van der Waals surface area contributed by atoms with Gasteiger partial charge in [0, 0.05) is 11.3 Å². The molecule has 0 aliphatic rings. The van der Waals surface area contributed by atoms with Crippen LogP contribution in [0.25, 0.3) is 0 Å². The van der Waals surface area contributed by atoms with Crippen molar-refractivity contribution in [3.05, 3.63) is 46.8 Å². The van der Waals surface area contributed by atoms with Crippen LogP contribution >= 0.6 is 0 Å². The largest absolute Gasteiger partial charge is 0.494 e. The molecule has 2 rings (SSSR count). The van der Waals surface area contributed by atoms with Gasteiger partial charge in [0.25, 0.3) is 5.91 Å². The highest BCUT2D eigenvalue weighted by Gasteiger charge is 2.18. The molecule has 26 heavy (non-hydrogen) atoms. The zero-order valence-corrected chi connectivity index (χ0v) is 17.0. The summed E-state index contributed by atoms with van der Waals surface area (Å²) in [6.45, 7) is 13.4. The Morgan fingerprint density at radius 2 is 1.65 bits per heavy atom. The number of nitrogens with zero attached hydrogens (tertiary/aromatic N) is 2. The van der Waals surface area contributed by atoms with Crippen molar-refractivity contribution in [1.82, 2.24) is 9.78 Å². The molecule has 0 fully saturated rings. The quantitative estimate of drug-likeness (QED) is 0.653. The van der Waals surface area contributed by atoms with Crippen molar-refractivity contribution in [2.75, 3.05) is 6.61 Å². The van der Waals surface area contributed by atoms with Crippen LogP contribution in [0, 0.1) is 25.7 Å². The minimum atomic E-state index is -0.0878. The van der Waals surface area contributed by atoms with E-state index in [1.807, 2.05) is 38.1 Å². The lowest BCUT2D eigenvalue weighted by Crippen LogP contribution is -2.15. The van der Waals surface area contributed by atoms with Gasteiger partial charge in [-0.3, -0.25) is 4.79 Å². The molecule has 0 spiro atoms. The summed E-state index contributed by atoms with van der Waals surface area (Å²) in [6.07, 6.45) is 3.08. The summed E-state index contributed by atoms with van der Waals surface area (Å²) in [7, 11) is 0. The van der Waals surface area contributed by atoms with Crippen LogP contribution < -0.4 is 4.74 Å². The van der Waals surface area contributed by atoms with Crippen molar-refractivity contribution in [1.29, 1.82) is 0 Å². The van der Waals surface area contributed by atoms with Gasteiger partial charge in [-0.25, -0.2) is 4.68 Å². The highest BCUT2D eigenvalue weighted by Crippen LogP contribution is 2.20. The van der Waals surface area contributed by atoms with Gasteiger partial charge >= 0.3 is 0 Å². The van der Waals surface area contributed by atoms with E-state index in [1.165, 1.54) is 5.56 Å². The van der Waals surface area contributed by atoms with Crippen molar-refractivity contribution in [3.63, 3.8) is 0 Å². The van der Waals surface area contributed by atoms with E-state index in [1.54, 1.807) is 4.68 Å². The minimum absolute atomic E-state index is 0.0878. The molecule has 0 aliphatic heterocycles. The highest BCUT2D eigenvalue weighted by molar-refractivity contribution is 5.96. The highest BCUT2D eigenvalue weighted by atomic mass is 16.5. The Morgan fingerprint density at radius 3 is 2.23 bits per heavy atom. The third kappa shape index (κ3) is 5.20. The lowest BCUT2D eigenvalue weighted by atomic mass is 10.0. The molecule has 1 aromatic carbocycles. The van der Waals surface area contributed by atoms with Gasteiger partial charge in [0.2, 0.25) is 0 Å². The first kappa shape index (κ1) is 20.2. The summed E-state index contributed by atoms with van der Waals surface area (Å²) in [5.74, 6) is 1.96. The molecule has 0 aliphatic carbocycles. The summed E-state index contributed by atoms with van der Waals surface area (Å²) in [4.78, 5) is 12.8. The van der Waals surface area contributed by atoms with E-state index in [0.717, 1.165) is 36.4 Å². The van der Waals surface area contributed by atoms with Crippen molar-refractivity contribution < 1.29 is 9.53 Å². The number of hydrogen-bond acceptors (Lipinski definition) is 3. The van der Waals surface area contributed by atoms with Crippen LogP contribution in [0.15, 0.2) is 24.3 Å². The third-order valence-electron chi connectivity index (χ3n) is 4.67. The fourth-order valence-corrected chi connectivity index (χ4v) is 2.90. The molecular weight excluding hydrogens is 324 g/mol. The standard InChI is InChI=1S/C22H32N2O2/c1-15(2)7-12-21-17(5)23-24(18(21)6)22(25)19-8-10-20(11-9-19)26-14-13-16(3)4/h8-11,15-16H,7,12-14H2,1-6H3. The van der Waals surface area contributed by atoms with Crippen LogP contribution in [0.2, 0.25) is 0 Å². The van der Waals surface area contributed by atoms with Gasteiger partial charge in [0.05, 0.1) is 12.3 Å². The zero-order chi connectivity index (χ0) is 19.3. The predicted octanol–water partition coefficient (Wildman–Crippen LogP) is 5.20. The molecule has 0 saturated carbocycles. The Labute approximate surface area is 157 Å². The van der Waals surface area contributed by atoms with Gasteiger partial charge in [-0.2, -0.15) is 5.10 Å². The SMILES string of the molecule is Cc1nn(C(=O)c2ccc(OCCC(C)C)cc2)c(C)c1CCC(C)C. The molecule has 0 atom stereocenters. The van der Waals surface area contributed by atoms with E-state index in [0.29, 0.717) is 24.0 Å². The summed E-state index contributed by atoms with van der Waals surface area (Å²) in [5.41, 5.74) is 3.72. The van der Waals surface area contributed by atoms with E-state index >= 15 is 0 Å². The van der Waals surface area contributed by atoms with E-state index in [2.05, 4.69) is 32.8 Å². The zero-order valence-electron chi connectivity index (χ0n) is 17.0. The fourth-order valence-electron chi connectivity index (χ4n) is 2.90. The molecule has 0 saturated heterocycles. The van der Waals surface area contributed by atoms with Crippen molar-refractivity contribution in [2.45, 2.75) is 60.8 Å². The maximum absolute atomic E-state index is 12.8. The average Bonchev–Trinajstić information content (AvgIpc) is 2.87. The molecule has 0 unspecified atom stereocenters. The van der Waals surface area contributed by atoms with E-state index in [9.17, 15) is 4.79 Å². The number of aromatic nitrogens is 2. The third-order valence-corrected chi connectivity index (χ3v) is 4.67. The lowest BCUT2D eigenvalue weighted by molar-refractivity contribution is 0.0942. The normalized spacial score (nSPS) is 11.4.